The zero-order valence-electron chi connectivity index (χ0n) is 21.0. The second kappa shape index (κ2) is 11.2. The van der Waals surface area contributed by atoms with Crippen molar-refractivity contribution in [2.75, 3.05) is 53.0 Å². The molecule has 4 aliphatic heterocycles. The van der Waals surface area contributed by atoms with Crippen LogP contribution in [0.4, 0.5) is 0 Å². The van der Waals surface area contributed by atoms with Crippen LogP contribution in [0.1, 0.15) is 12.0 Å². The Kier molecular flexibility index (Phi) is 8.16. The number of halogens is 1. The summed E-state index contributed by atoms with van der Waals surface area (Å²) in [6, 6.07) is 8.36. The third-order valence-electron chi connectivity index (χ3n) is 8.27. The smallest absolute Gasteiger partial charge is 0.244 e. The highest BCUT2D eigenvalue weighted by molar-refractivity contribution is 9.09. The minimum atomic E-state index is -0.764. The second-order valence-electron chi connectivity index (χ2n) is 10.3. The van der Waals surface area contributed by atoms with Gasteiger partial charge in [0.25, 0.3) is 0 Å². The van der Waals surface area contributed by atoms with Gasteiger partial charge in [-0.2, -0.15) is 0 Å². The van der Waals surface area contributed by atoms with E-state index in [2.05, 4.69) is 31.5 Å². The molecule has 4 saturated heterocycles. The molecule has 0 radical (unpaired) electrons. The summed E-state index contributed by atoms with van der Waals surface area (Å²) in [4.78, 5) is 45.0. The fraction of sp³-hybridized carbons (Fsp3) is 0.654. The molecule has 1 aromatic rings. The summed E-state index contributed by atoms with van der Waals surface area (Å²) in [5, 5.41) is 16.2. The number of alkyl halides is 1. The quantitative estimate of drug-likeness (QED) is 0.351. The molecule has 4 aliphatic rings. The van der Waals surface area contributed by atoms with Gasteiger partial charge in [0.05, 0.1) is 42.4 Å². The molecule has 202 valence electrons. The van der Waals surface area contributed by atoms with Crippen molar-refractivity contribution in [2.24, 2.45) is 11.8 Å². The molecule has 4 heterocycles. The van der Waals surface area contributed by atoms with Gasteiger partial charge in [0, 0.05) is 43.3 Å². The van der Waals surface area contributed by atoms with Crippen LogP contribution in [0, 0.1) is 11.8 Å². The molecule has 0 saturated carbocycles. The first-order valence-electron chi connectivity index (χ1n) is 13.0. The molecule has 1 aromatic carbocycles. The molecular formula is C26H35BrN4O5S. The molecule has 11 heteroatoms. The van der Waals surface area contributed by atoms with Gasteiger partial charge >= 0.3 is 0 Å². The maximum atomic E-state index is 14.1. The number of hydrogen-bond acceptors (Lipinski definition) is 7. The molecule has 2 bridgehead atoms. The number of morpholine rings is 1. The van der Waals surface area contributed by atoms with Crippen LogP contribution < -0.4 is 10.6 Å². The maximum Gasteiger partial charge on any atom is 0.244 e. The van der Waals surface area contributed by atoms with Crippen molar-refractivity contribution in [3.8, 4) is 0 Å². The number of benzene rings is 1. The first-order chi connectivity index (χ1) is 17.9. The number of aliphatic hydroxyl groups is 1. The van der Waals surface area contributed by atoms with Crippen LogP contribution in [-0.2, 0) is 25.5 Å². The Labute approximate surface area is 230 Å². The number of fused-ring (bicyclic) bond motifs is 1. The lowest BCUT2D eigenvalue weighted by molar-refractivity contribution is -0.142. The topological polar surface area (TPSA) is 111 Å². The average Bonchev–Trinajstić information content (AvgIpc) is 3.51. The third-order valence-corrected chi connectivity index (χ3v) is 11.5. The van der Waals surface area contributed by atoms with Gasteiger partial charge in [-0.3, -0.25) is 19.3 Å². The summed E-state index contributed by atoms with van der Waals surface area (Å²) in [7, 11) is 1.59. The Bertz CT molecular complexity index is 1010. The molecule has 1 spiro atoms. The van der Waals surface area contributed by atoms with Crippen molar-refractivity contribution < 1.29 is 24.2 Å². The van der Waals surface area contributed by atoms with Gasteiger partial charge in [0.1, 0.15) is 6.04 Å². The van der Waals surface area contributed by atoms with E-state index in [0.717, 1.165) is 18.7 Å². The maximum absolute atomic E-state index is 14.1. The molecule has 37 heavy (non-hydrogen) atoms. The van der Waals surface area contributed by atoms with E-state index in [4.69, 9.17) is 4.74 Å². The second-order valence-corrected chi connectivity index (χ2v) is 13.0. The first-order valence-corrected chi connectivity index (χ1v) is 14.8. The molecule has 5 rings (SSSR count). The van der Waals surface area contributed by atoms with Crippen LogP contribution in [-0.4, -0.2) is 113 Å². The zero-order chi connectivity index (χ0) is 26.2. The van der Waals surface area contributed by atoms with Gasteiger partial charge in [-0.1, -0.05) is 46.3 Å². The van der Waals surface area contributed by atoms with Gasteiger partial charge in [-0.05, 0) is 18.4 Å². The van der Waals surface area contributed by atoms with Crippen LogP contribution in [0.25, 0.3) is 0 Å². The number of amides is 3. The molecule has 3 amide bonds. The van der Waals surface area contributed by atoms with E-state index < -0.39 is 28.7 Å². The SMILES string of the molecule is CNC(=O)[C@H]1[C@H]2C(=O)N([C@@H](CO)Cc3ccccc3)C(C(=O)NCCN3CCOCC3)C23CC(Br)[C@@H]1S3. The van der Waals surface area contributed by atoms with E-state index >= 15 is 0 Å². The van der Waals surface area contributed by atoms with Crippen LogP contribution in [0.5, 0.6) is 0 Å². The minimum Gasteiger partial charge on any atom is -0.394 e. The predicted molar refractivity (Wildman–Crippen MR) is 144 cm³/mol. The molecule has 3 unspecified atom stereocenters. The highest BCUT2D eigenvalue weighted by Crippen LogP contribution is 2.67. The molecule has 9 nitrogen and oxygen atoms in total. The largest absolute Gasteiger partial charge is 0.394 e. The average molecular weight is 596 g/mol. The molecule has 4 fully saturated rings. The number of carbonyl (C=O) groups excluding carboxylic acids is 3. The summed E-state index contributed by atoms with van der Waals surface area (Å²) in [5.41, 5.74) is 0.980. The summed E-state index contributed by atoms with van der Waals surface area (Å²) in [6.07, 6.45) is 1.05. The van der Waals surface area contributed by atoms with Crippen LogP contribution in [0.3, 0.4) is 0 Å². The van der Waals surface area contributed by atoms with Gasteiger partial charge in [-0.25, -0.2) is 0 Å². The van der Waals surface area contributed by atoms with Gasteiger partial charge < -0.3 is 25.4 Å². The Hall–Kier alpha value is -1.66. The molecular weight excluding hydrogens is 560 g/mol. The summed E-state index contributed by atoms with van der Waals surface area (Å²) in [6.45, 7) is 3.94. The van der Waals surface area contributed by atoms with Gasteiger partial charge in [-0.15, -0.1) is 11.8 Å². The lowest BCUT2D eigenvalue weighted by atomic mass is 9.70. The number of carbonyl (C=O) groups is 3. The van der Waals surface area contributed by atoms with E-state index in [1.165, 1.54) is 0 Å². The number of ether oxygens (including phenoxy) is 1. The molecule has 3 N–H and O–H groups in total. The van der Waals surface area contributed by atoms with E-state index in [-0.39, 0.29) is 34.4 Å². The van der Waals surface area contributed by atoms with Crippen LogP contribution in [0.2, 0.25) is 0 Å². The summed E-state index contributed by atoms with van der Waals surface area (Å²) in [5.74, 6) is -1.70. The number of aliphatic hydroxyl groups excluding tert-OH is 1. The van der Waals surface area contributed by atoms with Gasteiger partial charge in [0.15, 0.2) is 0 Å². The van der Waals surface area contributed by atoms with Crippen molar-refractivity contribution >= 4 is 45.4 Å². The lowest BCUT2D eigenvalue weighted by Gasteiger charge is -2.37. The van der Waals surface area contributed by atoms with Crippen LogP contribution in [0.15, 0.2) is 30.3 Å². The van der Waals surface area contributed by atoms with Crippen molar-refractivity contribution in [3.63, 3.8) is 0 Å². The van der Waals surface area contributed by atoms with E-state index in [1.807, 2.05) is 30.3 Å². The number of nitrogens with one attached hydrogen (secondary N) is 2. The fourth-order valence-corrected chi connectivity index (χ4v) is 10.2. The highest BCUT2D eigenvalue weighted by atomic mass is 79.9. The summed E-state index contributed by atoms with van der Waals surface area (Å²) < 4.78 is 4.69. The number of rotatable bonds is 9. The van der Waals surface area contributed by atoms with Crippen molar-refractivity contribution in [1.82, 2.24) is 20.4 Å². The Morgan fingerprint density at radius 2 is 1.97 bits per heavy atom. The van der Waals surface area contributed by atoms with E-state index in [1.54, 1.807) is 23.7 Å². The van der Waals surface area contributed by atoms with Crippen molar-refractivity contribution in [3.05, 3.63) is 35.9 Å². The van der Waals surface area contributed by atoms with Crippen molar-refractivity contribution in [1.29, 1.82) is 0 Å². The van der Waals surface area contributed by atoms with Crippen molar-refractivity contribution in [2.45, 2.75) is 39.7 Å². The zero-order valence-corrected chi connectivity index (χ0v) is 23.4. The number of thioether (sulfide) groups is 1. The number of nitrogens with zero attached hydrogens (tertiary/aromatic N) is 2. The minimum absolute atomic E-state index is 0.0224. The van der Waals surface area contributed by atoms with Crippen LogP contribution >= 0.6 is 27.7 Å². The Morgan fingerprint density at radius 3 is 2.65 bits per heavy atom. The number of likely N-dealkylation sites (tertiary alicyclic amines) is 1. The fourth-order valence-electron chi connectivity index (χ4n) is 6.62. The molecule has 0 aliphatic carbocycles. The highest BCUT2D eigenvalue weighted by Gasteiger charge is 2.76. The predicted octanol–water partition coefficient (Wildman–Crippen LogP) is 0.249. The lowest BCUT2D eigenvalue weighted by Crippen LogP contribution is -2.58. The monoisotopic (exact) mass is 594 g/mol. The summed E-state index contributed by atoms with van der Waals surface area (Å²) >= 11 is 5.37. The molecule has 0 aromatic heterocycles. The third kappa shape index (κ3) is 4.82. The normalized spacial score (nSPS) is 33.9. The van der Waals surface area contributed by atoms with Gasteiger partial charge in [0.2, 0.25) is 17.7 Å². The van der Waals surface area contributed by atoms with E-state index in [0.29, 0.717) is 39.1 Å². The first kappa shape index (κ1) is 26.9. The number of hydrogen-bond donors (Lipinski definition) is 3. The Balaban J connectivity index is 1.44. The standard InChI is InChI=1S/C26H35BrN4O5S/c1-28-23(33)19-20-25(35)31(17(15-32)13-16-5-3-2-4-6-16)22(26(20)14-18(27)21(19)37-26)24(34)29-7-8-30-9-11-36-12-10-30/h2-6,17-22,32H,7-15H2,1H3,(H,28,33)(H,29,34)/t17-,18?,19+,20+,21+,22?,26?/m1/s1. The Morgan fingerprint density at radius 1 is 1.24 bits per heavy atom. The molecule has 7 atom stereocenters. The van der Waals surface area contributed by atoms with E-state index in [9.17, 15) is 19.5 Å².